The fourth-order valence-corrected chi connectivity index (χ4v) is 2.66. The molecule has 0 saturated heterocycles. The summed E-state index contributed by atoms with van der Waals surface area (Å²) >= 11 is 0. The Kier molecular flexibility index (Phi) is 9.54. The average molecular weight is 387 g/mol. The van der Waals surface area contributed by atoms with Gasteiger partial charge in [-0.15, -0.1) is 0 Å². The van der Waals surface area contributed by atoms with Gasteiger partial charge in [-0.3, -0.25) is 5.43 Å². The number of H-pyrrole nitrogens is 1. The van der Waals surface area contributed by atoms with Crippen LogP contribution < -0.4 is 20.6 Å². The van der Waals surface area contributed by atoms with Gasteiger partial charge in [-0.2, -0.15) is 15.2 Å². The first-order valence-electron chi connectivity index (χ1n) is 9.74. The number of hydrogen-bond acceptors (Lipinski definition) is 7. The minimum atomic E-state index is -0.538. The zero-order chi connectivity index (χ0) is 20.0. The van der Waals surface area contributed by atoms with Gasteiger partial charge in [0.2, 0.25) is 0 Å². The van der Waals surface area contributed by atoms with Gasteiger partial charge in [-0.05, 0) is 30.2 Å². The average Bonchev–Trinajstić information content (AvgIpc) is 2.70. The zero-order valence-corrected chi connectivity index (χ0v) is 16.6. The molecule has 1 aromatic heterocycles. The molecule has 0 aliphatic heterocycles. The van der Waals surface area contributed by atoms with Crippen molar-refractivity contribution in [2.24, 2.45) is 5.10 Å². The van der Waals surface area contributed by atoms with Crippen LogP contribution in [0, 0.1) is 0 Å². The monoisotopic (exact) mass is 387 g/mol. The molecule has 0 aliphatic rings. The van der Waals surface area contributed by atoms with Crippen LogP contribution in [0.4, 0.5) is 5.82 Å². The van der Waals surface area contributed by atoms with Crippen LogP contribution in [0.3, 0.4) is 0 Å². The van der Waals surface area contributed by atoms with Crippen molar-refractivity contribution < 1.29 is 9.47 Å². The van der Waals surface area contributed by atoms with Crippen molar-refractivity contribution in [2.45, 2.75) is 51.9 Å². The Bertz CT molecular complexity index is 791. The molecule has 0 radical (unpaired) electrons. The van der Waals surface area contributed by atoms with Crippen LogP contribution in [0.5, 0.6) is 11.5 Å². The molecule has 2 aromatic rings. The standard InChI is InChI=1S/C20H29N5O3/c1-3-4-5-6-7-8-9-12-28-17-11-10-16(13-18(17)27-2)14-21-24-19-15-22-25-20(26)23-19/h10-11,13-15H,3-9,12H2,1-2H3,(H2,23,24,25,26)/b21-14+. The second-order valence-corrected chi connectivity index (χ2v) is 6.42. The molecule has 0 fully saturated rings. The highest BCUT2D eigenvalue weighted by Gasteiger charge is 2.05. The van der Waals surface area contributed by atoms with Crippen molar-refractivity contribution in [1.29, 1.82) is 0 Å². The van der Waals surface area contributed by atoms with E-state index in [4.69, 9.17) is 9.47 Å². The van der Waals surface area contributed by atoms with Gasteiger partial charge < -0.3 is 9.47 Å². The highest BCUT2D eigenvalue weighted by atomic mass is 16.5. The van der Waals surface area contributed by atoms with Crippen molar-refractivity contribution in [2.75, 3.05) is 19.1 Å². The molecule has 0 atom stereocenters. The molecule has 1 heterocycles. The topological polar surface area (TPSA) is 101 Å². The van der Waals surface area contributed by atoms with Gasteiger partial charge in [0.05, 0.1) is 26.1 Å². The number of rotatable bonds is 13. The molecule has 0 saturated carbocycles. The SMILES string of the molecule is CCCCCCCCCOc1ccc(/C=N/Nc2cn[nH]c(=O)n2)cc1OC. The number of ether oxygens (including phenoxy) is 2. The third-order valence-electron chi connectivity index (χ3n) is 4.15. The third-order valence-corrected chi connectivity index (χ3v) is 4.15. The third kappa shape index (κ3) is 7.77. The summed E-state index contributed by atoms with van der Waals surface area (Å²) in [6.45, 7) is 2.91. The van der Waals surface area contributed by atoms with Crippen LogP contribution in [0.1, 0.15) is 57.4 Å². The largest absolute Gasteiger partial charge is 0.493 e. The van der Waals surface area contributed by atoms with Gasteiger partial charge in [-0.1, -0.05) is 45.4 Å². The Balaban J connectivity index is 1.79. The molecule has 0 aliphatic carbocycles. The number of methoxy groups -OCH3 is 1. The summed E-state index contributed by atoms with van der Waals surface area (Å²) in [7, 11) is 1.61. The molecule has 152 valence electrons. The van der Waals surface area contributed by atoms with E-state index in [2.05, 4.69) is 32.6 Å². The van der Waals surface area contributed by atoms with E-state index in [1.807, 2.05) is 18.2 Å². The van der Waals surface area contributed by atoms with Gasteiger partial charge in [0.1, 0.15) is 0 Å². The lowest BCUT2D eigenvalue weighted by Gasteiger charge is -2.11. The quantitative estimate of drug-likeness (QED) is 0.308. The van der Waals surface area contributed by atoms with Crippen molar-refractivity contribution in [3.63, 3.8) is 0 Å². The number of hydrazone groups is 1. The lowest BCUT2D eigenvalue weighted by atomic mass is 10.1. The highest BCUT2D eigenvalue weighted by molar-refractivity contribution is 5.81. The Morgan fingerprint density at radius 2 is 1.93 bits per heavy atom. The Morgan fingerprint density at radius 3 is 2.68 bits per heavy atom. The van der Waals surface area contributed by atoms with Gasteiger partial charge >= 0.3 is 5.69 Å². The fourth-order valence-electron chi connectivity index (χ4n) is 2.66. The number of nitrogens with one attached hydrogen (secondary N) is 2. The first-order chi connectivity index (χ1) is 13.7. The summed E-state index contributed by atoms with van der Waals surface area (Å²) in [5, 5.41) is 9.88. The molecule has 1 aromatic carbocycles. The Morgan fingerprint density at radius 1 is 1.14 bits per heavy atom. The number of aromatic nitrogens is 3. The molecule has 0 amide bonds. The summed E-state index contributed by atoms with van der Waals surface area (Å²) in [4.78, 5) is 14.8. The van der Waals surface area contributed by atoms with E-state index in [1.54, 1.807) is 13.3 Å². The molecule has 8 nitrogen and oxygen atoms in total. The maximum atomic E-state index is 11.1. The van der Waals surface area contributed by atoms with Crippen molar-refractivity contribution in [3.8, 4) is 11.5 Å². The first-order valence-corrected chi connectivity index (χ1v) is 9.74. The number of unbranched alkanes of at least 4 members (excludes halogenated alkanes) is 6. The van der Waals surface area contributed by atoms with E-state index in [-0.39, 0.29) is 5.82 Å². The van der Waals surface area contributed by atoms with Gasteiger partial charge in [0.25, 0.3) is 0 Å². The summed E-state index contributed by atoms with van der Waals surface area (Å²) in [6, 6.07) is 5.60. The maximum Gasteiger partial charge on any atom is 0.363 e. The molecule has 8 heteroatoms. The molecular formula is C20H29N5O3. The highest BCUT2D eigenvalue weighted by Crippen LogP contribution is 2.27. The van der Waals surface area contributed by atoms with Crippen LogP contribution in [0.2, 0.25) is 0 Å². The van der Waals surface area contributed by atoms with Crippen LogP contribution in [0.15, 0.2) is 34.3 Å². The molecule has 2 rings (SSSR count). The van der Waals surface area contributed by atoms with Crippen molar-refractivity contribution in [1.82, 2.24) is 15.2 Å². The van der Waals surface area contributed by atoms with Crippen LogP contribution >= 0.6 is 0 Å². The summed E-state index contributed by atoms with van der Waals surface area (Å²) in [6.07, 6.45) is 11.7. The smallest absolute Gasteiger partial charge is 0.363 e. The minimum absolute atomic E-state index is 0.265. The van der Waals surface area contributed by atoms with Crippen molar-refractivity contribution in [3.05, 3.63) is 40.4 Å². The predicted molar refractivity (Wildman–Crippen MR) is 110 cm³/mol. The molecule has 28 heavy (non-hydrogen) atoms. The number of anilines is 1. The maximum absolute atomic E-state index is 11.1. The lowest BCUT2D eigenvalue weighted by molar-refractivity contribution is 0.284. The van der Waals surface area contributed by atoms with Crippen LogP contribution in [-0.2, 0) is 0 Å². The second-order valence-electron chi connectivity index (χ2n) is 6.42. The molecule has 0 bridgehead atoms. The van der Waals surface area contributed by atoms with Gasteiger partial charge in [0.15, 0.2) is 17.3 Å². The summed E-state index contributed by atoms with van der Waals surface area (Å²) < 4.78 is 11.3. The molecule has 0 spiro atoms. The normalized spacial score (nSPS) is 10.9. The van der Waals surface area contributed by atoms with Crippen LogP contribution in [0.25, 0.3) is 0 Å². The Hall–Kier alpha value is -2.90. The lowest BCUT2D eigenvalue weighted by Crippen LogP contribution is -2.13. The van der Waals surface area contributed by atoms with E-state index in [9.17, 15) is 4.79 Å². The van der Waals surface area contributed by atoms with E-state index in [0.717, 1.165) is 17.7 Å². The Labute approximate surface area is 165 Å². The molecule has 2 N–H and O–H groups in total. The van der Waals surface area contributed by atoms with E-state index >= 15 is 0 Å². The number of benzene rings is 1. The van der Waals surface area contributed by atoms with Crippen molar-refractivity contribution >= 4 is 12.0 Å². The number of aromatic amines is 1. The van der Waals surface area contributed by atoms with Crippen LogP contribution in [-0.4, -0.2) is 35.1 Å². The molecular weight excluding hydrogens is 358 g/mol. The number of nitrogens with zero attached hydrogens (tertiary/aromatic N) is 3. The predicted octanol–water partition coefficient (Wildman–Crippen LogP) is 3.75. The van der Waals surface area contributed by atoms with Gasteiger partial charge in [-0.25, -0.2) is 9.89 Å². The molecule has 0 unspecified atom stereocenters. The number of hydrogen-bond donors (Lipinski definition) is 2. The zero-order valence-electron chi connectivity index (χ0n) is 16.6. The van der Waals surface area contributed by atoms with Gasteiger partial charge in [0, 0.05) is 0 Å². The fraction of sp³-hybridized carbons (Fsp3) is 0.500. The summed E-state index contributed by atoms with van der Waals surface area (Å²) in [5.41, 5.74) is 2.94. The minimum Gasteiger partial charge on any atom is -0.493 e. The van der Waals surface area contributed by atoms with E-state index < -0.39 is 5.69 Å². The summed E-state index contributed by atoms with van der Waals surface area (Å²) in [5.74, 6) is 1.64. The van der Waals surface area contributed by atoms with E-state index in [0.29, 0.717) is 12.4 Å². The first kappa shape index (κ1) is 21.4. The van der Waals surface area contributed by atoms with E-state index in [1.165, 1.54) is 44.7 Å². The second kappa shape index (κ2) is 12.5.